The first kappa shape index (κ1) is 12.3. The van der Waals surface area contributed by atoms with Crippen molar-refractivity contribution in [2.24, 2.45) is 5.41 Å². The lowest BCUT2D eigenvalue weighted by molar-refractivity contribution is 0.361. The number of hydrogen-bond acceptors (Lipinski definition) is 2. The molecular weight excluding hydrogens is 337 g/mol. The van der Waals surface area contributed by atoms with Crippen LogP contribution >= 0.6 is 22.6 Å². The molecule has 1 aliphatic carbocycles. The van der Waals surface area contributed by atoms with Gasteiger partial charge in [0.1, 0.15) is 0 Å². The van der Waals surface area contributed by atoms with Crippen LogP contribution in [0.4, 0.5) is 5.95 Å². The molecule has 0 amide bonds. The summed E-state index contributed by atoms with van der Waals surface area (Å²) in [6.45, 7) is 4.68. The van der Waals surface area contributed by atoms with Crippen LogP contribution in [0.2, 0.25) is 0 Å². The molecule has 0 radical (unpaired) electrons. The molecule has 3 rings (SSSR count). The molecular formula is C14H18IN3. The predicted molar refractivity (Wildman–Crippen MR) is 83.5 cm³/mol. The first-order valence-electron chi connectivity index (χ1n) is 6.39. The summed E-state index contributed by atoms with van der Waals surface area (Å²) in [7, 11) is 0. The fraction of sp³-hybridized carbons (Fsp3) is 0.500. The van der Waals surface area contributed by atoms with E-state index < -0.39 is 0 Å². The number of rotatable bonds is 1. The minimum absolute atomic E-state index is 0.427. The van der Waals surface area contributed by atoms with Crippen LogP contribution in [0, 0.1) is 8.99 Å². The number of nitrogens with two attached hydrogens (primary N) is 1. The van der Waals surface area contributed by atoms with E-state index in [4.69, 9.17) is 5.73 Å². The molecule has 1 unspecified atom stereocenters. The van der Waals surface area contributed by atoms with Crippen molar-refractivity contribution >= 4 is 39.6 Å². The van der Waals surface area contributed by atoms with Gasteiger partial charge in [-0.2, -0.15) is 0 Å². The van der Waals surface area contributed by atoms with Gasteiger partial charge in [0.2, 0.25) is 5.95 Å². The van der Waals surface area contributed by atoms with E-state index in [9.17, 15) is 0 Å². The summed E-state index contributed by atoms with van der Waals surface area (Å²) in [5, 5.41) is 0. The molecule has 0 saturated heterocycles. The van der Waals surface area contributed by atoms with Gasteiger partial charge in [-0.3, -0.25) is 0 Å². The normalized spacial score (nSPS) is 22.7. The van der Waals surface area contributed by atoms with E-state index in [-0.39, 0.29) is 0 Å². The minimum Gasteiger partial charge on any atom is -0.369 e. The summed E-state index contributed by atoms with van der Waals surface area (Å²) in [5.41, 5.74) is 8.74. The van der Waals surface area contributed by atoms with Crippen LogP contribution in [0.5, 0.6) is 0 Å². The summed E-state index contributed by atoms with van der Waals surface area (Å²) < 4.78 is 3.44. The number of hydrogen-bond donors (Lipinski definition) is 1. The highest BCUT2D eigenvalue weighted by molar-refractivity contribution is 14.1. The molecule has 1 aromatic carbocycles. The number of anilines is 1. The molecule has 1 aliphatic rings. The standard InChI is InChI=1S/C14H18IN3/c1-14(2)6-5-10(8-14)18-12-4-3-9(15)7-11(12)17-13(18)16/h3-4,7,10H,5-6,8H2,1-2H3,(H2,16,17). The topological polar surface area (TPSA) is 43.8 Å². The summed E-state index contributed by atoms with van der Waals surface area (Å²) >= 11 is 2.31. The Balaban J connectivity index is 2.09. The largest absolute Gasteiger partial charge is 0.369 e. The Hall–Kier alpha value is -0.780. The average Bonchev–Trinajstić information content (AvgIpc) is 2.77. The zero-order valence-electron chi connectivity index (χ0n) is 10.8. The molecule has 1 atom stereocenters. The molecule has 2 aromatic rings. The number of nitrogens with zero attached hydrogens (tertiary/aromatic N) is 2. The molecule has 0 bridgehead atoms. The van der Waals surface area contributed by atoms with Gasteiger partial charge in [-0.15, -0.1) is 0 Å². The number of imidazole rings is 1. The van der Waals surface area contributed by atoms with Crippen molar-refractivity contribution < 1.29 is 0 Å². The molecule has 3 nitrogen and oxygen atoms in total. The van der Waals surface area contributed by atoms with E-state index >= 15 is 0 Å². The van der Waals surface area contributed by atoms with Crippen molar-refractivity contribution in [3.8, 4) is 0 Å². The van der Waals surface area contributed by atoms with Gasteiger partial charge in [0.15, 0.2) is 0 Å². The maximum atomic E-state index is 6.12. The molecule has 1 heterocycles. The number of halogens is 1. The van der Waals surface area contributed by atoms with Crippen LogP contribution in [0.15, 0.2) is 18.2 Å². The zero-order valence-corrected chi connectivity index (χ0v) is 12.9. The summed E-state index contributed by atoms with van der Waals surface area (Å²) in [6.07, 6.45) is 3.66. The first-order chi connectivity index (χ1) is 8.46. The molecule has 1 saturated carbocycles. The van der Waals surface area contributed by atoms with Gasteiger partial charge >= 0.3 is 0 Å². The molecule has 0 spiro atoms. The lowest BCUT2D eigenvalue weighted by Gasteiger charge is -2.19. The number of fused-ring (bicyclic) bond motifs is 1. The van der Waals surface area contributed by atoms with Crippen molar-refractivity contribution in [1.82, 2.24) is 9.55 Å². The Morgan fingerprint density at radius 1 is 1.44 bits per heavy atom. The van der Waals surface area contributed by atoms with Gasteiger partial charge in [-0.1, -0.05) is 13.8 Å². The maximum absolute atomic E-state index is 6.12. The van der Waals surface area contributed by atoms with E-state index in [1.807, 2.05) is 0 Å². The third-order valence-corrected chi connectivity index (χ3v) is 4.66. The molecule has 0 aliphatic heterocycles. The van der Waals surface area contributed by atoms with Gasteiger partial charge < -0.3 is 10.3 Å². The van der Waals surface area contributed by atoms with Crippen LogP contribution in [-0.2, 0) is 0 Å². The van der Waals surface area contributed by atoms with Crippen molar-refractivity contribution in [3.63, 3.8) is 0 Å². The summed E-state index contributed by atoms with van der Waals surface area (Å²) in [4.78, 5) is 4.50. The monoisotopic (exact) mass is 355 g/mol. The molecule has 4 heteroatoms. The van der Waals surface area contributed by atoms with Gasteiger partial charge in [-0.05, 0) is 65.5 Å². The fourth-order valence-electron chi connectivity index (χ4n) is 3.09. The van der Waals surface area contributed by atoms with Gasteiger partial charge in [0.05, 0.1) is 11.0 Å². The molecule has 1 fully saturated rings. The van der Waals surface area contributed by atoms with E-state index in [0.717, 1.165) is 5.52 Å². The predicted octanol–water partition coefficient (Wildman–Crippen LogP) is 3.97. The van der Waals surface area contributed by atoms with E-state index in [0.29, 0.717) is 17.4 Å². The Bertz CT molecular complexity index is 600. The Morgan fingerprint density at radius 2 is 2.22 bits per heavy atom. The van der Waals surface area contributed by atoms with Crippen LogP contribution in [0.3, 0.4) is 0 Å². The van der Waals surface area contributed by atoms with E-state index in [1.165, 1.54) is 28.3 Å². The lowest BCUT2D eigenvalue weighted by Crippen LogP contribution is -2.11. The maximum Gasteiger partial charge on any atom is 0.201 e. The van der Waals surface area contributed by atoms with Crippen LogP contribution in [-0.4, -0.2) is 9.55 Å². The van der Waals surface area contributed by atoms with Crippen molar-refractivity contribution in [1.29, 1.82) is 0 Å². The SMILES string of the molecule is CC1(C)CCC(n2c(N)nc3cc(I)ccc32)C1. The van der Waals surface area contributed by atoms with Crippen molar-refractivity contribution in [2.45, 2.75) is 39.2 Å². The highest BCUT2D eigenvalue weighted by Crippen LogP contribution is 2.45. The smallest absolute Gasteiger partial charge is 0.201 e. The summed E-state index contributed by atoms with van der Waals surface area (Å²) in [5.74, 6) is 0.662. The molecule has 1 aromatic heterocycles. The third kappa shape index (κ3) is 2.00. The zero-order chi connectivity index (χ0) is 12.9. The minimum atomic E-state index is 0.427. The van der Waals surface area contributed by atoms with Gasteiger partial charge in [0.25, 0.3) is 0 Å². The fourth-order valence-corrected chi connectivity index (χ4v) is 3.57. The molecule has 96 valence electrons. The Labute approximate surface area is 121 Å². The van der Waals surface area contributed by atoms with E-state index in [1.54, 1.807) is 0 Å². The number of aromatic nitrogens is 2. The molecule has 2 N–H and O–H groups in total. The lowest BCUT2D eigenvalue weighted by atomic mass is 9.92. The highest BCUT2D eigenvalue weighted by Gasteiger charge is 2.33. The second-order valence-electron chi connectivity index (χ2n) is 6.03. The second kappa shape index (κ2) is 4.11. The Morgan fingerprint density at radius 3 is 2.89 bits per heavy atom. The average molecular weight is 355 g/mol. The summed E-state index contributed by atoms with van der Waals surface area (Å²) in [6, 6.07) is 6.87. The first-order valence-corrected chi connectivity index (χ1v) is 7.47. The quantitative estimate of drug-likeness (QED) is 0.787. The number of benzene rings is 1. The van der Waals surface area contributed by atoms with E-state index in [2.05, 4.69) is 64.2 Å². The Kier molecular flexibility index (Phi) is 2.80. The van der Waals surface area contributed by atoms with Crippen LogP contribution in [0.25, 0.3) is 11.0 Å². The van der Waals surface area contributed by atoms with Gasteiger partial charge in [-0.25, -0.2) is 4.98 Å². The van der Waals surface area contributed by atoms with Gasteiger partial charge in [0, 0.05) is 9.61 Å². The molecule has 18 heavy (non-hydrogen) atoms. The highest BCUT2D eigenvalue weighted by atomic mass is 127. The van der Waals surface area contributed by atoms with Crippen LogP contribution < -0.4 is 5.73 Å². The second-order valence-corrected chi connectivity index (χ2v) is 7.28. The van der Waals surface area contributed by atoms with Crippen molar-refractivity contribution in [3.05, 3.63) is 21.8 Å². The van der Waals surface area contributed by atoms with Crippen molar-refractivity contribution in [2.75, 3.05) is 5.73 Å². The number of nitrogen functional groups attached to an aromatic ring is 1. The third-order valence-electron chi connectivity index (χ3n) is 3.99. The van der Waals surface area contributed by atoms with Crippen LogP contribution in [0.1, 0.15) is 39.2 Å².